The lowest BCUT2D eigenvalue weighted by Gasteiger charge is -2.32. The fraction of sp³-hybridized carbons (Fsp3) is 0.440. The minimum atomic E-state index is -3.79. The molecule has 7 nitrogen and oxygen atoms in total. The molecule has 0 heterocycles. The molecule has 0 fully saturated rings. The molecule has 0 aliphatic heterocycles. The molecule has 0 aliphatic carbocycles. The highest BCUT2D eigenvalue weighted by atomic mass is 35.5. The Bertz CT molecular complexity index is 1160. The van der Waals surface area contributed by atoms with Crippen molar-refractivity contribution in [3.63, 3.8) is 0 Å². The number of likely N-dealkylation sites (N-methyl/N-ethyl adjacent to an activating group) is 1. The summed E-state index contributed by atoms with van der Waals surface area (Å²) in [6, 6.07) is 11.2. The highest BCUT2D eigenvalue weighted by molar-refractivity contribution is 7.92. The van der Waals surface area contributed by atoms with Gasteiger partial charge in [0.1, 0.15) is 12.6 Å². The van der Waals surface area contributed by atoms with Gasteiger partial charge in [0, 0.05) is 13.6 Å². The van der Waals surface area contributed by atoms with Crippen molar-refractivity contribution in [2.45, 2.75) is 52.1 Å². The average Bonchev–Trinajstić information content (AvgIpc) is 2.78. The van der Waals surface area contributed by atoms with Gasteiger partial charge in [0.15, 0.2) is 0 Å². The van der Waals surface area contributed by atoms with Crippen molar-refractivity contribution in [2.24, 2.45) is 0 Å². The van der Waals surface area contributed by atoms with Gasteiger partial charge in [0.2, 0.25) is 21.8 Å². The van der Waals surface area contributed by atoms with Gasteiger partial charge < -0.3 is 10.2 Å². The van der Waals surface area contributed by atoms with Crippen LogP contribution in [0, 0.1) is 0 Å². The third-order valence-corrected chi connectivity index (χ3v) is 7.55. The molecule has 1 atom stereocenters. The number of halogens is 2. The summed E-state index contributed by atoms with van der Waals surface area (Å²) in [5.74, 6) is -0.863. The second kappa shape index (κ2) is 11.6. The first-order valence-electron chi connectivity index (χ1n) is 11.2. The first-order chi connectivity index (χ1) is 16.2. The van der Waals surface area contributed by atoms with E-state index < -0.39 is 28.5 Å². The Balaban J connectivity index is 2.45. The number of nitrogens with one attached hydrogen (secondary N) is 1. The highest BCUT2D eigenvalue weighted by Gasteiger charge is 2.31. The number of benzene rings is 2. The van der Waals surface area contributed by atoms with E-state index in [1.54, 1.807) is 37.3 Å². The number of carbonyl (C=O) groups excluding carboxylic acids is 2. The highest BCUT2D eigenvalue weighted by Crippen LogP contribution is 2.27. The van der Waals surface area contributed by atoms with Crippen LogP contribution in [0.4, 0.5) is 5.69 Å². The molecule has 2 aromatic carbocycles. The van der Waals surface area contributed by atoms with Crippen LogP contribution < -0.4 is 9.62 Å². The van der Waals surface area contributed by atoms with E-state index in [0.29, 0.717) is 27.7 Å². The summed E-state index contributed by atoms with van der Waals surface area (Å²) in [4.78, 5) is 27.5. The Morgan fingerprint density at radius 3 is 2.09 bits per heavy atom. The van der Waals surface area contributed by atoms with Crippen molar-refractivity contribution in [1.29, 1.82) is 0 Å². The largest absolute Gasteiger partial charge is 0.357 e. The molecule has 0 spiro atoms. The number of amides is 2. The van der Waals surface area contributed by atoms with Crippen LogP contribution in [0.15, 0.2) is 42.5 Å². The van der Waals surface area contributed by atoms with E-state index in [9.17, 15) is 18.0 Å². The van der Waals surface area contributed by atoms with Gasteiger partial charge >= 0.3 is 0 Å². The number of rotatable bonds is 9. The lowest BCUT2D eigenvalue weighted by molar-refractivity contribution is -0.140. The summed E-state index contributed by atoms with van der Waals surface area (Å²) in [7, 11) is -2.30. The van der Waals surface area contributed by atoms with Crippen LogP contribution in [0.1, 0.15) is 45.2 Å². The Hall–Kier alpha value is -2.29. The summed E-state index contributed by atoms with van der Waals surface area (Å²) >= 11 is 12.2. The van der Waals surface area contributed by atoms with E-state index in [1.807, 2.05) is 12.1 Å². The van der Waals surface area contributed by atoms with Gasteiger partial charge in [-0.05, 0) is 47.2 Å². The lowest BCUT2D eigenvalue weighted by Crippen LogP contribution is -2.51. The smallest absolute Gasteiger partial charge is 0.244 e. The molecule has 1 N–H and O–H groups in total. The van der Waals surface area contributed by atoms with Crippen molar-refractivity contribution in [1.82, 2.24) is 10.2 Å². The summed E-state index contributed by atoms with van der Waals surface area (Å²) in [5.41, 5.74) is 1.96. The first kappa shape index (κ1) is 28.9. The maximum absolute atomic E-state index is 13.6. The Kier molecular flexibility index (Phi) is 9.62. The van der Waals surface area contributed by atoms with Gasteiger partial charge in [-0.25, -0.2) is 8.42 Å². The molecule has 0 aromatic heterocycles. The fourth-order valence-corrected chi connectivity index (χ4v) is 4.83. The van der Waals surface area contributed by atoms with Crippen molar-refractivity contribution < 1.29 is 18.0 Å². The molecule has 0 unspecified atom stereocenters. The zero-order chi connectivity index (χ0) is 26.6. The molecule has 0 saturated heterocycles. The number of sulfonamides is 1. The third-order valence-electron chi connectivity index (χ3n) is 5.67. The van der Waals surface area contributed by atoms with Crippen LogP contribution in [0.2, 0.25) is 10.0 Å². The molecule has 0 aliphatic rings. The topological polar surface area (TPSA) is 86.8 Å². The molecule has 2 aromatic rings. The summed E-state index contributed by atoms with van der Waals surface area (Å²) in [6.45, 7) is 7.57. The predicted octanol–water partition coefficient (Wildman–Crippen LogP) is 4.61. The summed E-state index contributed by atoms with van der Waals surface area (Å²) in [6.07, 6.45) is 1.39. The number of anilines is 1. The maximum Gasteiger partial charge on any atom is 0.244 e. The average molecular weight is 543 g/mol. The molecule has 10 heteroatoms. The summed E-state index contributed by atoms with van der Waals surface area (Å²) in [5, 5.41) is 3.27. The second-order valence-electron chi connectivity index (χ2n) is 9.37. The normalized spacial score (nSPS) is 12.7. The monoisotopic (exact) mass is 541 g/mol. The van der Waals surface area contributed by atoms with Crippen LogP contribution in [0.5, 0.6) is 0 Å². The van der Waals surface area contributed by atoms with Gasteiger partial charge in [-0.1, -0.05) is 69.1 Å². The van der Waals surface area contributed by atoms with E-state index >= 15 is 0 Å². The Morgan fingerprint density at radius 1 is 1.03 bits per heavy atom. The van der Waals surface area contributed by atoms with Gasteiger partial charge in [-0.15, -0.1) is 0 Å². The maximum atomic E-state index is 13.6. The SMILES string of the molecule is CC[C@H](C(=O)NC)N(Cc1ccc(Cl)c(Cl)c1)C(=O)CN(c1ccc(C(C)(C)C)cc1)S(C)(=O)=O. The molecule has 2 rings (SSSR count). The van der Waals surface area contributed by atoms with E-state index in [-0.39, 0.29) is 17.9 Å². The van der Waals surface area contributed by atoms with Gasteiger partial charge in [0.25, 0.3) is 0 Å². The van der Waals surface area contributed by atoms with Crippen LogP contribution >= 0.6 is 23.2 Å². The number of nitrogens with zero attached hydrogens (tertiary/aromatic N) is 2. The second-order valence-corrected chi connectivity index (χ2v) is 12.1. The number of hydrogen-bond donors (Lipinski definition) is 1. The molecule has 0 bridgehead atoms. The summed E-state index contributed by atoms with van der Waals surface area (Å²) < 4.78 is 26.4. The van der Waals surface area contributed by atoms with E-state index in [2.05, 4.69) is 26.1 Å². The van der Waals surface area contributed by atoms with Gasteiger partial charge in [-0.2, -0.15) is 0 Å². The molecule has 35 heavy (non-hydrogen) atoms. The number of carbonyl (C=O) groups is 2. The molecular formula is C25H33Cl2N3O4S. The van der Waals surface area contributed by atoms with Gasteiger partial charge in [-0.3, -0.25) is 13.9 Å². The van der Waals surface area contributed by atoms with E-state index in [0.717, 1.165) is 16.1 Å². The molecule has 0 saturated carbocycles. The van der Waals surface area contributed by atoms with Crippen LogP contribution in [0.25, 0.3) is 0 Å². The van der Waals surface area contributed by atoms with Crippen molar-refractivity contribution in [3.05, 3.63) is 63.6 Å². The van der Waals surface area contributed by atoms with E-state index in [1.165, 1.54) is 11.9 Å². The fourth-order valence-electron chi connectivity index (χ4n) is 3.66. The Morgan fingerprint density at radius 2 is 1.63 bits per heavy atom. The molecule has 192 valence electrons. The van der Waals surface area contributed by atoms with E-state index in [4.69, 9.17) is 23.2 Å². The van der Waals surface area contributed by atoms with Gasteiger partial charge in [0.05, 0.1) is 22.0 Å². The van der Waals surface area contributed by atoms with Crippen molar-refractivity contribution in [3.8, 4) is 0 Å². The Labute approximate surface area is 218 Å². The van der Waals surface area contributed by atoms with Crippen LogP contribution in [0.3, 0.4) is 0 Å². The zero-order valence-electron chi connectivity index (χ0n) is 20.9. The minimum absolute atomic E-state index is 0.0578. The van der Waals surface area contributed by atoms with Crippen molar-refractivity contribution >= 4 is 50.7 Å². The molecule has 2 amide bonds. The number of hydrogen-bond acceptors (Lipinski definition) is 4. The minimum Gasteiger partial charge on any atom is -0.357 e. The first-order valence-corrected chi connectivity index (χ1v) is 13.8. The lowest BCUT2D eigenvalue weighted by atomic mass is 9.87. The standard InChI is InChI=1S/C25H33Cl2N3O4S/c1-7-22(24(32)28-5)29(15-17-8-13-20(26)21(27)14-17)23(31)16-30(35(6,33)34)19-11-9-18(10-12-19)25(2,3)4/h8-14,22H,7,15-16H2,1-6H3,(H,28,32)/t22-/m1/s1. The molecular weight excluding hydrogens is 509 g/mol. The van der Waals surface area contributed by atoms with Crippen LogP contribution in [-0.4, -0.2) is 51.0 Å². The quantitative estimate of drug-likeness (QED) is 0.502. The third kappa shape index (κ3) is 7.59. The molecule has 0 radical (unpaired) electrons. The van der Waals surface area contributed by atoms with Crippen molar-refractivity contribution in [2.75, 3.05) is 24.2 Å². The predicted molar refractivity (Wildman–Crippen MR) is 142 cm³/mol. The zero-order valence-corrected chi connectivity index (χ0v) is 23.3. The van der Waals surface area contributed by atoms with Crippen LogP contribution in [-0.2, 0) is 31.6 Å².